The molecule has 20 heavy (non-hydrogen) atoms. The number of carboxylic acids is 1. The second kappa shape index (κ2) is 5.49. The normalized spacial score (nSPS) is 16.0. The molecule has 1 aliphatic heterocycles. The van der Waals surface area contributed by atoms with Crippen LogP contribution in [-0.4, -0.2) is 31.2 Å². The van der Waals surface area contributed by atoms with E-state index in [4.69, 9.17) is 15.0 Å². The Morgan fingerprint density at radius 3 is 2.50 bits per heavy atom. The molecule has 2 rings (SSSR count). The summed E-state index contributed by atoms with van der Waals surface area (Å²) in [6.07, 6.45) is 0.703. The van der Waals surface area contributed by atoms with E-state index in [0.717, 1.165) is 0 Å². The summed E-state index contributed by atoms with van der Waals surface area (Å²) in [7, 11) is -3.83. The van der Waals surface area contributed by atoms with Crippen LogP contribution in [0, 0.1) is 0 Å². The van der Waals surface area contributed by atoms with E-state index in [1.807, 2.05) is 0 Å². The molecule has 1 aliphatic rings. The van der Waals surface area contributed by atoms with Gasteiger partial charge < -0.3 is 15.0 Å². The number of carboxylic acid groups (broad SMARTS) is 1. The molecule has 0 aromatic heterocycles. The molecule has 0 radical (unpaired) electrons. The van der Waals surface area contributed by atoms with Crippen LogP contribution in [0.25, 0.3) is 0 Å². The molecule has 0 spiro atoms. The van der Waals surface area contributed by atoms with Gasteiger partial charge in [-0.1, -0.05) is 13.5 Å². The molecule has 1 heterocycles. The summed E-state index contributed by atoms with van der Waals surface area (Å²) in [6.45, 7) is 0. The minimum atomic E-state index is -3.83. The zero-order valence-electron chi connectivity index (χ0n) is 9.75. The fraction of sp³-hybridized carbons (Fsp3) is 0.333. The van der Waals surface area contributed by atoms with Crippen LogP contribution in [0.3, 0.4) is 0 Å². The van der Waals surface area contributed by atoms with Crippen molar-refractivity contribution < 1.29 is 27.3 Å². The van der Waals surface area contributed by atoms with Crippen molar-refractivity contribution in [3.63, 3.8) is 0 Å². The highest BCUT2D eigenvalue weighted by Crippen LogP contribution is 2.32. The van der Waals surface area contributed by atoms with E-state index in [0.29, 0.717) is 18.4 Å². The van der Waals surface area contributed by atoms with Crippen molar-refractivity contribution in [2.24, 2.45) is 5.73 Å². The minimum Gasteiger partial charge on any atom is -0.478 e. The van der Waals surface area contributed by atoms with E-state index in [1.165, 1.54) is 12.1 Å². The topological polar surface area (TPSA) is 124 Å². The number of rotatable bonds is 2. The second-order valence-electron chi connectivity index (χ2n) is 4.09. The first-order valence-electron chi connectivity index (χ1n) is 5.43. The number of primary amides is 1. The third-order valence-electron chi connectivity index (χ3n) is 2.77. The quantitative estimate of drug-likeness (QED) is 0.778. The summed E-state index contributed by atoms with van der Waals surface area (Å²) < 4.78 is 28.0. The number of hydrogen-bond donors (Lipinski definition) is 2. The molecule has 0 unspecified atom stereocenters. The maximum Gasteiger partial charge on any atom is 0.336 e. The van der Waals surface area contributed by atoms with Crippen molar-refractivity contribution in [2.75, 3.05) is 5.75 Å². The Labute approximate surface area is 116 Å². The fourth-order valence-electron chi connectivity index (χ4n) is 1.95. The molecule has 0 atom stereocenters. The molecule has 0 fully saturated rings. The van der Waals surface area contributed by atoms with Gasteiger partial charge in [-0.2, -0.15) is 8.42 Å². The van der Waals surface area contributed by atoms with Gasteiger partial charge in [0.05, 0.1) is 16.9 Å². The summed E-state index contributed by atoms with van der Waals surface area (Å²) in [5.74, 6) is -2.86. The van der Waals surface area contributed by atoms with Crippen LogP contribution >= 0.6 is 0 Å². The Bertz CT molecular complexity index is 665. The molecule has 3 N–H and O–H groups in total. The second-order valence-corrected chi connectivity index (χ2v) is 5.78. The third-order valence-corrected chi connectivity index (χ3v) is 3.98. The summed E-state index contributed by atoms with van der Waals surface area (Å²) >= 11 is 0. The van der Waals surface area contributed by atoms with Crippen molar-refractivity contribution in [1.82, 2.24) is 0 Å². The molecule has 110 valence electrons. The average Bonchev–Trinajstić information content (AvgIpc) is 2.43. The number of aryl methyl sites for hydroxylation is 1. The van der Waals surface area contributed by atoms with E-state index >= 15 is 0 Å². The maximum atomic E-state index is 11.6. The van der Waals surface area contributed by atoms with Crippen molar-refractivity contribution in [1.29, 1.82) is 0 Å². The lowest BCUT2D eigenvalue weighted by Crippen LogP contribution is -2.20. The van der Waals surface area contributed by atoms with E-state index in [9.17, 15) is 18.0 Å². The van der Waals surface area contributed by atoms with Crippen LogP contribution in [0.2, 0.25) is 0 Å². The predicted molar refractivity (Wildman–Crippen MR) is 71.4 cm³/mol. The van der Waals surface area contributed by atoms with Crippen LogP contribution in [0.5, 0.6) is 5.75 Å². The van der Waals surface area contributed by atoms with Gasteiger partial charge in [-0.25, -0.2) is 4.79 Å². The average molecular weight is 301 g/mol. The highest BCUT2D eigenvalue weighted by Gasteiger charge is 2.28. The van der Waals surface area contributed by atoms with Crippen LogP contribution < -0.4 is 9.92 Å². The van der Waals surface area contributed by atoms with Gasteiger partial charge in [0.2, 0.25) is 0 Å². The number of carbonyl (C=O) groups is 2. The molecule has 0 aliphatic carbocycles. The molecule has 0 saturated carbocycles. The Hall–Kier alpha value is -2.09. The van der Waals surface area contributed by atoms with E-state index in [2.05, 4.69) is 0 Å². The Balaban J connectivity index is 0.00000200. The van der Waals surface area contributed by atoms with Crippen LogP contribution in [0.1, 0.15) is 40.1 Å². The van der Waals surface area contributed by atoms with E-state index in [-0.39, 0.29) is 24.5 Å². The van der Waals surface area contributed by atoms with Crippen molar-refractivity contribution in [3.05, 3.63) is 28.8 Å². The SMILES string of the molecule is C.NC(=O)c1c(C(=O)O)ccc2c1OS(=O)(=O)CCC2. The van der Waals surface area contributed by atoms with Crippen LogP contribution in [0.4, 0.5) is 0 Å². The standard InChI is InChI=1S/C11H11NO6S.CH4/c12-10(13)8-7(11(14)15)4-3-6-2-1-5-19(16,17)18-9(6)8;/h3-4H,1-2,5H2,(H2,12,13)(H,14,15);1H4. The van der Waals surface area contributed by atoms with Crippen LogP contribution in [-0.2, 0) is 16.5 Å². The molecular formula is C12H15NO6S. The summed E-state index contributed by atoms with van der Waals surface area (Å²) in [5, 5.41) is 9.00. The lowest BCUT2D eigenvalue weighted by atomic mass is 9.99. The van der Waals surface area contributed by atoms with Crippen molar-refractivity contribution in [2.45, 2.75) is 20.3 Å². The Morgan fingerprint density at radius 2 is 1.95 bits per heavy atom. The van der Waals surface area contributed by atoms with E-state index in [1.54, 1.807) is 0 Å². The van der Waals surface area contributed by atoms with Crippen molar-refractivity contribution >= 4 is 22.0 Å². The first-order chi connectivity index (χ1) is 8.82. The minimum absolute atomic E-state index is 0. The largest absolute Gasteiger partial charge is 0.478 e. The molecule has 1 aromatic rings. The first kappa shape index (κ1) is 16.0. The van der Waals surface area contributed by atoms with E-state index < -0.39 is 27.6 Å². The Kier molecular flexibility index (Phi) is 4.39. The molecule has 1 aromatic carbocycles. The van der Waals surface area contributed by atoms with Gasteiger partial charge in [-0.3, -0.25) is 4.79 Å². The summed E-state index contributed by atoms with van der Waals surface area (Å²) in [6, 6.07) is 2.66. The van der Waals surface area contributed by atoms with Gasteiger partial charge in [0.1, 0.15) is 0 Å². The third kappa shape index (κ3) is 2.90. The number of benzene rings is 1. The molecule has 1 amide bonds. The van der Waals surface area contributed by atoms with Crippen molar-refractivity contribution in [3.8, 4) is 5.75 Å². The monoisotopic (exact) mass is 301 g/mol. The number of amides is 1. The van der Waals surface area contributed by atoms with Crippen LogP contribution in [0.15, 0.2) is 12.1 Å². The molecule has 7 nitrogen and oxygen atoms in total. The van der Waals surface area contributed by atoms with Gasteiger partial charge in [-0.05, 0) is 24.5 Å². The Morgan fingerprint density at radius 1 is 1.30 bits per heavy atom. The first-order valence-corrected chi connectivity index (χ1v) is 7.00. The molecule has 0 bridgehead atoms. The number of aromatic carboxylic acids is 1. The highest BCUT2D eigenvalue weighted by molar-refractivity contribution is 7.87. The van der Waals surface area contributed by atoms with Gasteiger partial charge in [0.25, 0.3) is 5.91 Å². The lowest BCUT2D eigenvalue weighted by molar-refractivity contribution is 0.0691. The number of fused-ring (bicyclic) bond motifs is 1. The zero-order valence-corrected chi connectivity index (χ0v) is 10.6. The van der Waals surface area contributed by atoms with Gasteiger partial charge in [0.15, 0.2) is 5.75 Å². The molecular weight excluding hydrogens is 286 g/mol. The zero-order chi connectivity index (χ0) is 14.2. The molecule has 8 heteroatoms. The predicted octanol–water partition coefficient (Wildman–Crippen LogP) is 0.775. The number of nitrogens with two attached hydrogens (primary N) is 1. The molecule has 0 saturated heterocycles. The maximum absolute atomic E-state index is 11.6. The lowest BCUT2D eigenvalue weighted by Gasteiger charge is -2.12. The summed E-state index contributed by atoms with van der Waals surface area (Å²) in [5.41, 5.74) is 4.82. The van der Waals surface area contributed by atoms with Gasteiger partial charge in [-0.15, -0.1) is 0 Å². The highest BCUT2D eigenvalue weighted by atomic mass is 32.2. The number of hydrogen-bond acceptors (Lipinski definition) is 5. The smallest absolute Gasteiger partial charge is 0.336 e. The van der Waals surface area contributed by atoms with Gasteiger partial charge >= 0.3 is 16.1 Å². The fourth-order valence-corrected chi connectivity index (χ4v) is 2.97. The summed E-state index contributed by atoms with van der Waals surface area (Å²) in [4.78, 5) is 22.5. The number of carbonyl (C=O) groups excluding carboxylic acids is 1. The van der Waals surface area contributed by atoms with Gasteiger partial charge in [0, 0.05) is 0 Å².